The molecule has 96 valence electrons. The van der Waals surface area contributed by atoms with E-state index in [1.54, 1.807) is 0 Å². The summed E-state index contributed by atoms with van der Waals surface area (Å²) in [7, 11) is 0. The maximum Gasteiger partial charge on any atom is 0.223 e. The summed E-state index contributed by atoms with van der Waals surface area (Å²) in [6.07, 6.45) is 6.26. The highest BCUT2D eigenvalue weighted by Gasteiger charge is 2.15. The topological polar surface area (TPSA) is 55.1 Å². The van der Waals surface area contributed by atoms with Gasteiger partial charge in [-0.1, -0.05) is 40.0 Å². The molecule has 0 fully saturated rings. The molecule has 3 nitrogen and oxygen atoms in total. The smallest absolute Gasteiger partial charge is 0.223 e. The minimum atomic E-state index is 0.109. The second-order valence-corrected chi connectivity index (χ2v) is 4.54. The van der Waals surface area contributed by atoms with Crippen molar-refractivity contribution in [3.05, 3.63) is 0 Å². The highest BCUT2D eigenvalue weighted by atomic mass is 16.1. The van der Waals surface area contributed by atoms with E-state index in [1.807, 2.05) is 0 Å². The molecule has 16 heavy (non-hydrogen) atoms. The highest BCUT2D eigenvalue weighted by molar-refractivity contribution is 5.78. The minimum absolute atomic E-state index is 0.109. The number of nitrogens with two attached hydrogens (primary N) is 1. The lowest BCUT2D eigenvalue weighted by Crippen LogP contribution is -2.39. The summed E-state index contributed by atoms with van der Waals surface area (Å²) < 4.78 is 0. The van der Waals surface area contributed by atoms with Crippen LogP contribution in [0.1, 0.15) is 59.3 Å². The molecule has 0 aromatic rings. The van der Waals surface area contributed by atoms with Gasteiger partial charge < -0.3 is 11.1 Å². The van der Waals surface area contributed by atoms with Crippen molar-refractivity contribution in [3.8, 4) is 0 Å². The van der Waals surface area contributed by atoms with Crippen LogP contribution in [0.15, 0.2) is 0 Å². The Kier molecular flexibility index (Phi) is 9.30. The van der Waals surface area contributed by atoms with Gasteiger partial charge in [0.25, 0.3) is 0 Å². The van der Waals surface area contributed by atoms with E-state index in [2.05, 4.69) is 26.1 Å². The number of hydrogen-bond acceptors (Lipinski definition) is 2. The molecule has 0 spiro atoms. The second-order valence-electron chi connectivity index (χ2n) is 4.54. The molecule has 0 heterocycles. The third-order valence-electron chi connectivity index (χ3n) is 2.97. The maximum atomic E-state index is 11.8. The number of nitrogens with one attached hydrogen (secondary N) is 1. The summed E-state index contributed by atoms with van der Waals surface area (Å²) in [4.78, 5) is 11.8. The van der Waals surface area contributed by atoms with E-state index in [0.29, 0.717) is 6.54 Å². The van der Waals surface area contributed by atoms with Crippen LogP contribution < -0.4 is 11.1 Å². The first-order valence-corrected chi connectivity index (χ1v) is 6.68. The molecule has 0 bridgehead atoms. The number of carbonyl (C=O) groups is 1. The Bertz CT molecular complexity index is 183. The van der Waals surface area contributed by atoms with E-state index < -0.39 is 0 Å². The molecule has 0 saturated carbocycles. The average molecular weight is 228 g/mol. The molecule has 0 aliphatic heterocycles. The third-order valence-corrected chi connectivity index (χ3v) is 2.97. The lowest BCUT2D eigenvalue weighted by molar-refractivity contribution is -0.125. The van der Waals surface area contributed by atoms with Gasteiger partial charge in [-0.3, -0.25) is 4.79 Å². The fraction of sp³-hybridized carbons (Fsp3) is 0.923. The number of rotatable bonds is 9. The first-order chi connectivity index (χ1) is 7.65. The fourth-order valence-electron chi connectivity index (χ4n) is 1.82. The highest BCUT2D eigenvalue weighted by Crippen LogP contribution is 2.12. The van der Waals surface area contributed by atoms with E-state index >= 15 is 0 Å². The molecular weight excluding hydrogens is 200 g/mol. The number of hydrogen-bond donors (Lipinski definition) is 2. The largest absolute Gasteiger partial charge is 0.354 e. The van der Waals surface area contributed by atoms with Crippen molar-refractivity contribution in [2.24, 2.45) is 11.7 Å². The van der Waals surface area contributed by atoms with Crippen LogP contribution in [0, 0.1) is 5.92 Å². The fourth-order valence-corrected chi connectivity index (χ4v) is 1.82. The Morgan fingerprint density at radius 2 is 1.88 bits per heavy atom. The van der Waals surface area contributed by atoms with Gasteiger partial charge in [-0.2, -0.15) is 0 Å². The molecule has 0 aromatic heterocycles. The second kappa shape index (κ2) is 9.64. The van der Waals surface area contributed by atoms with Crippen molar-refractivity contribution in [1.82, 2.24) is 5.32 Å². The van der Waals surface area contributed by atoms with Crippen LogP contribution in [0.3, 0.4) is 0 Å². The van der Waals surface area contributed by atoms with Crippen LogP contribution in [0.4, 0.5) is 0 Å². The molecule has 0 radical (unpaired) electrons. The molecule has 0 aliphatic carbocycles. The molecule has 1 amide bonds. The molecule has 0 saturated heterocycles. The van der Waals surface area contributed by atoms with Crippen LogP contribution in [0.2, 0.25) is 0 Å². The predicted octanol–water partition coefficient (Wildman–Crippen LogP) is 2.45. The number of amides is 1. The lowest BCUT2D eigenvalue weighted by atomic mass is 9.98. The molecule has 3 N–H and O–H groups in total. The molecular formula is C13H28N2O. The molecule has 2 atom stereocenters. The minimum Gasteiger partial charge on any atom is -0.354 e. The van der Waals surface area contributed by atoms with Gasteiger partial charge in [0.2, 0.25) is 5.91 Å². The summed E-state index contributed by atoms with van der Waals surface area (Å²) in [5.74, 6) is 0.358. The summed E-state index contributed by atoms with van der Waals surface area (Å²) in [6.45, 7) is 6.96. The number of unbranched alkanes of at least 4 members (excludes halogenated alkanes) is 1. The molecule has 0 aromatic carbocycles. The van der Waals surface area contributed by atoms with Gasteiger partial charge >= 0.3 is 0 Å². The van der Waals surface area contributed by atoms with E-state index in [-0.39, 0.29) is 17.9 Å². The monoisotopic (exact) mass is 228 g/mol. The van der Waals surface area contributed by atoms with Crippen molar-refractivity contribution in [2.75, 3.05) is 6.54 Å². The van der Waals surface area contributed by atoms with Crippen LogP contribution in [0.5, 0.6) is 0 Å². The summed E-state index contributed by atoms with van der Waals surface area (Å²) >= 11 is 0. The van der Waals surface area contributed by atoms with Crippen molar-refractivity contribution < 1.29 is 4.79 Å². The Morgan fingerprint density at radius 1 is 1.19 bits per heavy atom. The zero-order valence-electron chi connectivity index (χ0n) is 11.1. The first-order valence-electron chi connectivity index (χ1n) is 6.68. The van der Waals surface area contributed by atoms with Crippen molar-refractivity contribution in [1.29, 1.82) is 0 Å². The van der Waals surface area contributed by atoms with Crippen LogP contribution in [-0.2, 0) is 4.79 Å². The first kappa shape index (κ1) is 15.4. The van der Waals surface area contributed by atoms with Crippen LogP contribution in [0.25, 0.3) is 0 Å². The lowest BCUT2D eigenvalue weighted by Gasteiger charge is -2.17. The zero-order valence-corrected chi connectivity index (χ0v) is 11.1. The molecule has 3 heteroatoms. The Labute approximate surface area is 100 Å². The van der Waals surface area contributed by atoms with Gasteiger partial charge in [-0.25, -0.2) is 0 Å². The van der Waals surface area contributed by atoms with E-state index in [4.69, 9.17) is 5.73 Å². The van der Waals surface area contributed by atoms with Crippen molar-refractivity contribution in [3.63, 3.8) is 0 Å². The van der Waals surface area contributed by atoms with E-state index in [0.717, 1.165) is 38.5 Å². The normalized spacial score (nSPS) is 14.5. The Hall–Kier alpha value is -0.570. The van der Waals surface area contributed by atoms with Gasteiger partial charge in [0.1, 0.15) is 0 Å². The van der Waals surface area contributed by atoms with Gasteiger partial charge in [0.15, 0.2) is 0 Å². The van der Waals surface area contributed by atoms with Gasteiger partial charge in [0, 0.05) is 18.5 Å². The third kappa shape index (κ3) is 6.83. The average Bonchev–Trinajstić information content (AvgIpc) is 2.28. The quantitative estimate of drug-likeness (QED) is 0.637. The zero-order chi connectivity index (χ0) is 12.4. The summed E-state index contributed by atoms with van der Waals surface area (Å²) in [5.41, 5.74) is 5.86. The van der Waals surface area contributed by atoms with Gasteiger partial charge in [0.05, 0.1) is 0 Å². The maximum absolute atomic E-state index is 11.8. The van der Waals surface area contributed by atoms with Gasteiger partial charge in [-0.15, -0.1) is 0 Å². The molecule has 0 rings (SSSR count). The van der Waals surface area contributed by atoms with Crippen LogP contribution >= 0.6 is 0 Å². The summed E-state index contributed by atoms with van der Waals surface area (Å²) in [5, 5.41) is 2.96. The van der Waals surface area contributed by atoms with Crippen molar-refractivity contribution >= 4 is 5.91 Å². The van der Waals surface area contributed by atoms with E-state index in [1.165, 1.54) is 0 Å². The molecule has 0 aliphatic rings. The number of carbonyl (C=O) groups excluding carboxylic acids is 1. The molecule has 2 unspecified atom stereocenters. The van der Waals surface area contributed by atoms with Crippen molar-refractivity contribution in [2.45, 2.75) is 65.3 Å². The summed E-state index contributed by atoms with van der Waals surface area (Å²) in [6, 6.07) is 0.109. The van der Waals surface area contributed by atoms with Gasteiger partial charge in [-0.05, 0) is 19.3 Å². The van der Waals surface area contributed by atoms with Crippen LogP contribution in [-0.4, -0.2) is 18.5 Å². The van der Waals surface area contributed by atoms with E-state index in [9.17, 15) is 4.79 Å². The SMILES string of the molecule is CCCCC(CC)C(=O)NCC(N)CCC. The Morgan fingerprint density at radius 3 is 2.38 bits per heavy atom. The Balaban J connectivity index is 3.82. The predicted molar refractivity (Wildman–Crippen MR) is 69.2 cm³/mol. The standard InChI is InChI=1S/C13H28N2O/c1-4-7-9-11(6-3)13(16)15-10-12(14)8-5-2/h11-12H,4-10,14H2,1-3H3,(H,15,16).